The number of aromatic nitrogens is 2. The maximum atomic E-state index is 11.7. The number of urea groups is 1. The highest BCUT2D eigenvalue weighted by Gasteiger charge is 2.11. The van der Waals surface area contributed by atoms with Crippen LogP contribution < -0.4 is 10.6 Å². The van der Waals surface area contributed by atoms with Gasteiger partial charge in [-0.15, -0.1) is 0 Å². The SMILES string of the molecule is Cc1cccc2[nH]c(CNC(=O)NCC(O)C(C)C)nc12. The van der Waals surface area contributed by atoms with Crippen molar-refractivity contribution in [1.82, 2.24) is 20.6 Å². The molecule has 1 aromatic heterocycles. The van der Waals surface area contributed by atoms with Crippen LogP contribution in [0.5, 0.6) is 0 Å². The van der Waals surface area contributed by atoms with Gasteiger partial charge in [0.05, 0.1) is 23.7 Å². The summed E-state index contributed by atoms with van der Waals surface area (Å²) in [5.41, 5.74) is 2.98. The molecule has 0 saturated heterocycles. The van der Waals surface area contributed by atoms with Gasteiger partial charge >= 0.3 is 6.03 Å². The fourth-order valence-electron chi connectivity index (χ4n) is 1.97. The number of hydrogen-bond acceptors (Lipinski definition) is 3. The first-order valence-corrected chi connectivity index (χ1v) is 7.11. The Bertz CT molecular complexity index is 621. The van der Waals surface area contributed by atoms with Gasteiger partial charge < -0.3 is 20.7 Å². The maximum Gasteiger partial charge on any atom is 0.315 e. The predicted octanol–water partition coefficient (Wildman–Crippen LogP) is 1.69. The minimum Gasteiger partial charge on any atom is -0.391 e. The number of imidazole rings is 1. The highest BCUT2D eigenvalue weighted by molar-refractivity contribution is 5.78. The number of benzene rings is 1. The van der Waals surface area contributed by atoms with Gasteiger partial charge in [0.15, 0.2) is 0 Å². The molecule has 1 unspecified atom stereocenters. The number of rotatable bonds is 5. The van der Waals surface area contributed by atoms with Crippen LogP contribution in [0.1, 0.15) is 25.2 Å². The normalized spacial score (nSPS) is 12.6. The number of hydrogen-bond donors (Lipinski definition) is 4. The molecule has 0 bridgehead atoms. The standard InChI is InChI=1S/C15H22N4O2/c1-9(2)12(20)7-16-15(21)17-8-13-18-11-6-4-5-10(3)14(11)19-13/h4-6,9,12,20H,7-8H2,1-3H3,(H,18,19)(H2,16,17,21). The summed E-state index contributed by atoms with van der Waals surface area (Å²) in [6.45, 7) is 6.36. The number of carbonyl (C=O) groups excluding carboxylic acids is 1. The van der Waals surface area contributed by atoms with Crippen LogP contribution in [0.2, 0.25) is 0 Å². The summed E-state index contributed by atoms with van der Waals surface area (Å²) in [6, 6.07) is 5.61. The number of nitrogens with one attached hydrogen (secondary N) is 3. The van der Waals surface area contributed by atoms with E-state index in [-0.39, 0.29) is 18.5 Å². The van der Waals surface area contributed by atoms with E-state index in [2.05, 4.69) is 20.6 Å². The Balaban J connectivity index is 1.87. The van der Waals surface area contributed by atoms with Crippen LogP contribution in [0.15, 0.2) is 18.2 Å². The summed E-state index contributed by atoms with van der Waals surface area (Å²) in [4.78, 5) is 19.3. The minimum absolute atomic E-state index is 0.114. The Morgan fingerprint density at radius 2 is 2.14 bits per heavy atom. The number of aromatic amines is 1. The first-order chi connectivity index (χ1) is 9.97. The van der Waals surface area contributed by atoms with Gasteiger partial charge in [0.25, 0.3) is 0 Å². The predicted molar refractivity (Wildman–Crippen MR) is 81.9 cm³/mol. The molecule has 0 fully saturated rings. The summed E-state index contributed by atoms with van der Waals surface area (Å²) in [6.07, 6.45) is -0.537. The van der Waals surface area contributed by atoms with Gasteiger partial charge in [-0.2, -0.15) is 0 Å². The Morgan fingerprint density at radius 3 is 2.81 bits per heavy atom. The molecule has 1 atom stereocenters. The quantitative estimate of drug-likeness (QED) is 0.675. The number of aliphatic hydroxyl groups excluding tert-OH is 1. The largest absolute Gasteiger partial charge is 0.391 e. The van der Waals surface area contributed by atoms with E-state index < -0.39 is 6.10 Å². The Labute approximate surface area is 124 Å². The third-order valence-corrected chi connectivity index (χ3v) is 3.42. The van der Waals surface area contributed by atoms with Gasteiger partial charge in [-0.05, 0) is 24.5 Å². The van der Waals surface area contributed by atoms with Gasteiger partial charge in [-0.3, -0.25) is 0 Å². The molecule has 0 saturated carbocycles. The number of fused-ring (bicyclic) bond motifs is 1. The van der Waals surface area contributed by atoms with E-state index >= 15 is 0 Å². The highest BCUT2D eigenvalue weighted by Crippen LogP contribution is 2.15. The van der Waals surface area contributed by atoms with Crippen molar-refractivity contribution in [2.75, 3.05) is 6.54 Å². The van der Waals surface area contributed by atoms with E-state index in [1.165, 1.54) is 0 Å². The molecule has 6 heteroatoms. The molecule has 1 heterocycles. The molecule has 2 aromatic rings. The molecule has 0 aliphatic rings. The molecule has 21 heavy (non-hydrogen) atoms. The van der Waals surface area contributed by atoms with Gasteiger partial charge in [-0.25, -0.2) is 9.78 Å². The van der Waals surface area contributed by atoms with Crippen molar-refractivity contribution in [3.8, 4) is 0 Å². The van der Waals surface area contributed by atoms with Crippen molar-refractivity contribution in [3.63, 3.8) is 0 Å². The summed E-state index contributed by atoms with van der Waals surface area (Å²) in [5.74, 6) is 0.822. The van der Waals surface area contributed by atoms with Crippen molar-refractivity contribution >= 4 is 17.1 Å². The lowest BCUT2D eigenvalue weighted by Crippen LogP contribution is -2.40. The van der Waals surface area contributed by atoms with Crippen LogP contribution in [0.4, 0.5) is 4.79 Å². The van der Waals surface area contributed by atoms with Crippen LogP contribution in [-0.4, -0.2) is 33.8 Å². The summed E-state index contributed by atoms with van der Waals surface area (Å²) >= 11 is 0. The molecule has 2 rings (SSSR count). The zero-order valence-corrected chi connectivity index (χ0v) is 12.6. The Morgan fingerprint density at radius 1 is 1.38 bits per heavy atom. The molecular formula is C15H22N4O2. The maximum absolute atomic E-state index is 11.7. The van der Waals surface area contributed by atoms with Crippen LogP contribution >= 0.6 is 0 Å². The Hall–Kier alpha value is -2.08. The average Bonchev–Trinajstić information content (AvgIpc) is 2.87. The third kappa shape index (κ3) is 3.95. The third-order valence-electron chi connectivity index (χ3n) is 3.42. The second-order valence-electron chi connectivity index (χ2n) is 5.53. The van der Waals surface area contributed by atoms with Crippen molar-refractivity contribution in [3.05, 3.63) is 29.6 Å². The molecule has 6 nitrogen and oxygen atoms in total. The second-order valence-corrected chi connectivity index (χ2v) is 5.53. The fourth-order valence-corrected chi connectivity index (χ4v) is 1.97. The zero-order valence-electron chi connectivity index (χ0n) is 12.6. The first kappa shape index (κ1) is 15.3. The van der Waals surface area contributed by atoms with Crippen LogP contribution in [0, 0.1) is 12.8 Å². The number of amides is 2. The lowest BCUT2D eigenvalue weighted by atomic mass is 10.1. The van der Waals surface area contributed by atoms with E-state index in [0.29, 0.717) is 12.4 Å². The minimum atomic E-state index is -0.537. The van der Waals surface area contributed by atoms with E-state index in [4.69, 9.17) is 0 Å². The molecular weight excluding hydrogens is 268 g/mol. The lowest BCUT2D eigenvalue weighted by molar-refractivity contribution is 0.125. The molecule has 0 aliphatic carbocycles. The van der Waals surface area contributed by atoms with Gasteiger partial charge in [0.2, 0.25) is 0 Å². The number of carbonyl (C=O) groups is 1. The summed E-state index contributed by atoms with van der Waals surface area (Å²) in [7, 11) is 0. The average molecular weight is 290 g/mol. The molecule has 1 aromatic carbocycles. The van der Waals surface area contributed by atoms with E-state index in [0.717, 1.165) is 16.6 Å². The van der Waals surface area contributed by atoms with Crippen molar-refractivity contribution in [2.45, 2.75) is 33.4 Å². The molecule has 0 radical (unpaired) electrons. The van der Waals surface area contributed by atoms with Crippen LogP contribution in [0.3, 0.4) is 0 Å². The molecule has 114 valence electrons. The molecule has 2 amide bonds. The number of aryl methyl sites for hydroxylation is 1. The monoisotopic (exact) mass is 290 g/mol. The smallest absolute Gasteiger partial charge is 0.315 e. The van der Waals surface area contributed by atoms with Gasteiger partial charge in [-0.1, -0.05) is 26.0 Å². The van der Waals surface area contributed by atoms with Crippen molar-refractivity contribution in [2.24, 2.45) is 5.92 Å². The van der Waals surface area contributed by atoms with Crippen molar-refractivity contribution in [1.29, 1.82) is 0 Å². The Kier molecular flexibility index (Phi) is 4.80. The summed E-state index contributed by atoms with van der Waals surface area (Å²) in [5, 5.41) is 15.0. The van der Waals surface area contributed by atoms with E-state index in [9.17, 15) is 9.90 Å². The summed E-state index contributed by atoms with van der Waals surface area (Å²) < 4.78 is 0. The van der Waals surface area contributed by atoms with Crippen LogP contribution in [-0.2, 0) is 6.54 Å². The van der Waals surface area contributed by atoms with Gasteiger partial charge in [0.1, 0.15) is 5.82 Å². The first-order valence-electron chi connectivity index (χ1n) is 7.11. The number of para-hydroxylation sites is 1. The van der Waals surface area contributed by atoms with Gasteiger partial charge in [0, 0.05) is 6.54 Å². The second kappa shape index (κ2) is 6.58. The number of H-pyrrole nitrogens is 1. The topological polar surface area (TPSA) is 90.0 Å². The van der Waals surface area contributed by atoms with E-state index in [1.807, 2.05) is 39.0 Å². The molecule has 0 aliphatic heterocycles. The van der Waals surface area contributed by atoms with E-state index in [1.54, 1.807) is 0 Å². The zero-order chi connectivity index (χ0) is 15.4. The lowest BCUT2D eigenvalue weighted by Gasteiger charge is -2.15. The molecule has 4 N–H and O–H groups in total. The fraction of sp³-hybridized carbons (Fsp3) is 0.467. The van der Waals surface area contributed by atoms with Crippen LogP contribution in [0.25, 0.3) is 11.0 Å². The highest BCUT2D eigenvalue weighted by atomic mass is 16.3. The van der Waals surface area contributed by atoms with Crippen molar-refractivity contribution < 1.29 is 9.90 Å². The number of aliphatic hydroxyl groups is 1. The molecule has 0 spiro atoms. The number of nitrogens with zero attached hydrogens (tertiary/aromatic N) is 1.